The second-order valence-corrected chi connectivity index (χ2v) is 10.4. The lowest BCUT2D eigenvalue weighted by Gasteiger charge is -2.15. The van der Waals surface area contributed by atoms with Crippen molar-refractivity contribution in [3.8, 4) is 11.8 Å². The average molecular weight is 557 g/mol. The summed E-state index contributed by atoms with van der Waals surface area (Å²) in [6.07, 6.45) is 0. The van der Waals surface area contributed by atoms with Gasteiger partial charge in [-0.3, -0.25) is 0 Å². The molecule has 4 aromatic rings. The van der Waals surface area contributed by atoms with E-state index in [0.29, 0.717) is 28.0 Å². The lowest BCUT2D eigenvalue weighted by Crippen LogP contribution is -2.06. The Kier molecular flexibility index (Phi) is 7.94. The molecule has 4 nitrogen and oxygen atoms in total. The van der Waals surface area contributed by atoms with Crippen molar-refractivity contribution < 1.29 is 4.74 Å². The topological polar surface area (TPSA) is 57.9 Å². The van der Waals surface area contributed by atoms with Gasteiger partial charge in [0.25, 0.3) is 0 Å². The molecule has 166 valence electrons. The van der Waals surface area contributed by atoms with Gasteiger partial charge in [-0.05, 0) is 61.0 Å². The van der Waals surface area contributed by atoms with Crippen LogP contribution >= 0.6 is 50.6 Å². The smallest absolute Gasteiger partial charge is 0.137 e. The summed E-state index contributed by atoms with van der Waals surface area (Å²) in [4.78, 5) is 4.69. The van der Waals surface area contributed by atoms with E-state index in [-0.39, 0.29) is 0 Å². The molecule has 0 radical (unpaired) electrons. The van der Waals surface area contributed by atoms with Gasteiger partial charge in [0.1, 0.15) is 22.4 Å². The Morgan fingerprint density at radius 3 is 2.70 bits per heavy atom. The zero-order valence-electron chi connectivity index (χ0n) is 17.6. The van der Waals surface area contributed by atoms with Gasteiger partial charge in [-0.2, -0.15) is 5.26 Å². The first kappa shape index (κ1) is 23.7. The van der Waals surface area contributed by atoms with Crippen molar-refractivity contribution in [1.82, 2.24) is 4.98 Å². The van der Waals surface area contributed by atoms with E-state index in [2.05, 4.69) is 27.3 Å². The van der Waals surface area contributed by atoms with Crippen LogP contribution in [0.1, 0.15) is 10.6 Å². The first-order valence-corrected chi connectivity index (χ1v) is 13.1. The van der Waals surface area contributed by atoms with Crippen LogP contribution in [0.2, 0.25) is 5.02 Å². The third kappa shape index (κ3) is 5.90. The van der Waals surface area contributed by atoms with Crippen molar-refractivity contribution >= 4 is 72.1 Å². The van der Waals surface area contributed by atoms with Crippen LogP contribution in [-0.2, 0) is 0 Å². The van der Waals surface area contributed by atoms with Gasteiger partial charge in [0.2, 0.25) is 0 Å². The summed E-state index contributed by atoms with van der Waals surface area (Å²) < 4.78 is 7.91. The first-order chi connectivity index (χ1) is 16.0. The van der Waals surface area contributed by atoms with Gasteiger partial charge in [0.15, 0.2) is 0 Å². The van der Waals surface area contributed by atoms with Crippen molar-refractivity contribution in [2.24, 2.45) is 0 Å². The Hall–Kier alpha value is -2.50. The standard InChI is InChI=1S/C25H19BrClN3OS2/c1-16-20(27)5-4-7-21(16)29-24(32-14-13-31-18-11-9-17(26)10-12-18)19(15-28)25-30-22-6-2-3-8-23(22)33-25/h2-12,29H,13-14H2,1H3/b24-19+. The molecule has 0 atom stereocenters. The summed E-state index contributed by atoms with van der Waals surface area (Å²) in [6.45, 7) is 2.44. The van der Waals surface area contributed by atoms with E-state index in [9.17, 15) is 5.26 Å². The number of aromatic nitrogens is 1. The predicted octanol–water partition coefficient (Wildman–Crippen LogP) is 8.14. The number of fused-ring (bicyclic) bond motifs is 1. The molecule has 0 aliphatic rings. The number of para-hydroxylation sites is 1. The van der Waals surface area contributed by atoms with Crippen molar-refractivity contribution in [2.75, 3.05) is 17.7 Å². The fourth-order valence-electron chi connectivity index (χ4n) is 3.04. The molecule has 1 heterocycles. The number of benzene rings is 3. The second kappa shape index (κ2) is 11.1. The molecule has 0 unspecified atom stereocenters. The van der Waals surface area contributed by atoms with E-state index in [4.69, 9.17) is 21.3 Å². The Labute approximate surface area is 214 Å². The lowest BCUT2D eigenvalue weighted by atomic mass is 10.2. The molecule has 0 saturated carbocycles. The molecule has 0 spiro atoms. The maximum Gasteiger partial charge on any atom is 0.137 e. The molecule has 0 bridgehead atoms. The maximum absolute atomic E-state index is 10.1. The molecule has 4 rings (SSSR count). The van der Waals surface area contributed by atoms with E-state index in [1.165, 1.54) is 23.1 Å². The Morgan fingerprint density at radius 2 is 1.94 bits per heavy atom. The largest absolute Gasteiger partial charge is 0.493 e. The monoisotopic (exact) mass is 555 g/mol. The minimum absolute atomic E-state index is 0.491. The van der Waals surface area contributed by atoms with Gasteiger partial charge in [0, 0.05) is 20.9 Å². The Morgan fingerprint density at radius 1 is 1.15 bits per heavy atom. The molecule has 3 aromatic carbocycles. The van der Waals surface area contributed by atoms with E-state index < -0.39 is 0 Å². The van der Waals surface area contributed by atoms with E-state index >= 15 is 0 Å². The van der Waals surface area contributed by atoms with Gasteiger partial charge in [-0.1, -0.05) is 45.7 Å². The van der Waals surface area contributed by atoms with Crippen LogP contribution in [0, 0.1) is 18.3 Å². The number of halogens is 2. The minimum Gasteiger partial charge on any atom is -0.493 e. The molecular formula is C25H19BrClN3OS2. The van der Waals surface area contributed by atoms with Crippen molar-refractivity contribution in [3.05, 3.63) is 91.8 Å². The normalized spacial score (nSPS) is 11.7. The summed E-state index contributed by atoms with van der Waals surface area (Å²) in [5.74, 6) is 1.45. The molecule has 0 fully saturated rings. The molecule has 1 aromatic heterocycles. The van der Waals surface area contributed by atoms with E-state index in [0.717, 1.165) is 36.7 Å². The summed E-state index contributed by atoms with van der Waals surface area (Å²) in [5.41, 5.74) is 3.16. The van der Waals surface area contributed by atoms with Crippen LogP contribution < -0.4 is 10.1 Å². The number of thioether (sulfide) groups is 1. The van der Waals surface area contributed by atoms with Crippen molar-refractivity contribution in [1.29, 1.82) is 5.26 Å². The molecule has 0 aliphatic carbocycles. The highest BCUT2D eigenvalue weighted by molar-refractivity contribution is 9.10. The zero-order chi connectivity index (χ0) is 23.2. The van der Waals surface area contributed by atoms with Crippen LogP contribution in [0.3, 0.4) is 0 Å². The highest BCUT2D eigenvalue weighted by atomic mass is 79.9. The third-order valence-corrected chi connectivity index (χ3v) is 7.73. The fraction of sp³-hybridized carbons (Fsp3) is 0.120. The van der Waals surface area contributed by atoms with Gasteiger partial charge < -0.3 is 10.1 Å². The Balaban J connectivity index is 1.61. The maximum atomic E-state index is 10.1. The fourth-order valence-corrected chi connectivity index (χ4v) is 5.35. The first-order valence-electron chi connectivity index (χ1n) is 10.1. The number of nitrogens with zero attached hydrogens (tertiary/aromatic N) is 2. The lowest BCUT2D eigenvalue weighted by molar-refractivity contribution is 0.344. The quantitative estimate of drug-likeness (QED) is 0.175. The number of ether oxygens (including phenoxy) is 1. The van der Waals surface area contributed by atoms with Crippen LogP contribution in [0.4, 0.5) is 5.69 Å². The van der Waals surface area contributed by atoms with Crippen LogP contribution in [-0.4, -0.2) is 17.3 Å². The van der Waals surface area contributed by atoms with E-state index in [1.54, 1.807) is 0 Å². The van der Waals surface area contributed by atoms with Crippen molar-refractivity contribution in [3.63, 3.8) is 0 Å². The zero-order valence-corrected chi connectivity index (χ0v) is 21.6. The number of anilines is 1. The van der Waals surface area contributed by atoms with Gasteiger partial charge in [0.05, 0.1) is 21.9 Å². The van der Waals surface area contributed by atoms with Gasteiger partial charge >= 0.3 is 0 Å². The molecule has 0 saturated heterocycles. The van der Waals surface area contributed by atoms with Crippen LogP contribution in [0.5, 0.6) is 5.75 Å². The molecule has 1 N–H and O–H groups in total. The van der Waals surface area contributed by atoms with Gasteiger partial charge in [-0.25, -0.2) is 4.98 Å². The minimum atomic E-state index is 0.491. The van der Waals surface area contributed by atoms with Crippen LogP contribution in [0.15, 0.2) is 76.2 Å². The summed E-state index contributed by atoms with van der Waals surface area (Å²) >= 11 is 12.8. The molecular weight excluding hydrogens is 538 g/mol. The molecule has 0 aliphatic heterocycles. The highest BCUT2D eigenvalue weighted by Gasteiger charge is 2.16. The summed E-state index contributed by atoms with van der Waals surface area (Å²) in [7, 11) is 0. The number of nitriles is 1. The van der Waals surface area contributed by atoms with Gasteiger partial charge in [-0.15, -0.1) is 23.1 Å². The number of hydrogen-bond acceptors (Lipinski definition) is 6. The molecule has 0 amide bonds. The van der Waals surface area contributed by atoms with E-state index in [1.807, 2.05) is 73.7 Å². The predicted molar refractivity (Wildman–Crippen MR) is 144 cm³/mol. The Bertz CT molecular complexity index is 1310. The number of rotatable bonds is 8. The summed E-state index contributed by atoms with van der Waals surface area (Å²) in [6, 6.07) is 23.7. The third-order valence-electron chi connectivity index (χ3n) is 4.77. The summed E-state index contributed by atoms with van der Waals surface area (Å²) in [5, 5.41) is 15.6. The second-order valence-electron chi connectivity index (χ2n) is 6.99. The number of hydrogen-bond donors (Lipinski definition) is 1. The molecule has 8 heteroatoms. The molecule has 33 heavy (non-hydrogen) atoms. The highest BCUT2D eigenvalue weighted by Crippen LogP contribution is 2.34. The number of allylic oxidation sites excluding steroid dienone is 1. The SMILES string of the molecule is Cc1c(Cl)cccc1N/C(SCCOc1ccc(Br)cc1)=C(/C#N)c1nc2ccccc2s1. The number of nitrogens with one attached hydrogen (secondary N) is 1. The van der Waals surface area contributed by atoms with Crippen LogP contribution in [0.25, 0.3) is 15.8 Å². The average Bonchev–Trinajstić information content (AvgIpc) is 3.25. The van der Waals surface area contributed by atoms with Crippen molar-refractivity contribution in [2.45, 2.75) is 6.92 Å². The number of thiazole rings is 1.